The molecule has 0 bridgehead atoms. The summed E-state index contributed by atoms with van der Waals surface area (Å²) in [5.41, 5.74) is 2.61. The van der Waals surface area contributed by atoms with Crippen molar-refractivity contribution in [3.05, 3.63) is 94.9 Å². The molecular formula is C25H28N2O3. The zero-order valence-electron chi connectivity index (χ0n) is 17.7. The summed E-state index contributed by atoms with van der Waals surface area (Å²) in [7, 11) is 0. The number of nitrogens with zero attached hydrogens (tertiary/aromatic N) is 1. The lowest BCUT2D eigenvalue weighted by molar-refractivity contribution is -0.121. The van der Waals surface area contributed by atoms with Crippen molar-refractivity contribution in [3.63, 3.8) is 0 Å². The average molecular weight is 405 g/mol. The number of carbonyl (C=O) groups is 2. The molecule has 0 saturated carbocycles. The second kappa shape index (κ2) is 9.92. The lowest BCUT2D eigenvalue weighted by atomic mass is 10.1. The SMILES string of the molecule is Cc1cc(C(=O)N(CCC(=O)NC(C)c2ccccc2)Cc2ccccc2)c(C)o1. The molecular weight excluding hydrogens is 376 g/mol. The fourth-order valence-electron chi connectivity index (χ4n) is 3.44. The number of furan rings is 1. The third-order valence-corrected chi connectivity index (χ3v) is 5.06. The van der Waals surface area contributed by atoms with Gasteiger partial charge in [0.2, 0.25) is 5.91 Å². The van der Waals surface area contributed by atoms with Gasteiger partial charge in [-0.15, -0.1) is 0 Å². The third-order valence-electron chi connectivity index (χ3n) is 5.06. The first-order valence-corrected chi connectivity index (χ1v) is 10.2. The van der Waals surface area contributed by atoms with E-state index in [0.717, 1.165) is 11.1 Å². The summed E-state index contributed by atoms with van der Waals surface area (Å²) in [6.07, 6.45) is 0.228. The monoisotopic (exact) mass is 404 g/mol. The van der Waals surface area contributed by atoms with Gasteiger partial charge in [0, 0.05) is 19.5 Å². The van der Waals surface area contributed by atoms with Crippen molar-refractivity contribution >= 4 is 11.8 Å². The summed E-state index contributed by atoms with van der Waals surface area (Å²) in [6.45, 7) is 6.33. The molecule has 2 amide bonds. The average Bonchev–Trinajstić information content (AvgIpc) is 3.09. The summed E-state index contributed by atoms with van der Waals surface area (Å²) in [5, 5.41) is 3.01. The topological polar surface area (TPSA) is 62.6 Å². The van der Waals surface area contributed by atoms with Crippen LogP contribution in [0.2, 0.25) is 0 Å². The molecule has 0 radical (unpaired) electrons. The Morgan fingerprint density at radius 2 is 1.63 bits per heavy atom. The summed E-state index contributed by atoms with van der Waals surface area (Å²) < 4.78 is 5.54. The van der Waals surface area contributed by atoms with Crippen LogP contribution in [0.1, 0.15) is 52.4 Å². The van der Waals surface area contributed by atoms with Gasteiger partial charge in [-0.3, -0.25) is 9.59 Å². The largest absolute Gasteiger partial charge is 0.466 e. The van der Waals surface area contributed by atoms with Crippen molar-refractivity contribution < 1.29 is 14.0 Å². The Morgan fingerprint density at radius 3 is 2.23 bits per heavy atom. The molecule has 0 aliphatic rings. The van der Waals surface area contributed by atoms with Crippen LogP contribution in [-0.4, -0.2) is 23.3 Å². The second-order valence-corrected chi connectivity index (χ2v) is 7.49. The maximum Gasteiger partial charge on any atom is 0.257 e. The van der Waals surface area contributed by atoms with Crippen molar-refractivity contribution in [1.29, 1.82) is 0 Å². The predicted molar refractivity (Wildman–Crippen MR) is 117 cm³/mol. The van der Waals surface area contributed by atoms with Crippen molar-refractivity contribution in [2.45, 2.75) is 39.8 Å². The molecule has 1 unspecified atom stereocenters. The Kier molecular flexibility index (Phi) is 7.07. The van der Waals surface area contributed by atoms with Gasteiger partial charge in [0.05, 0.1) is 11.6 Å². The normalized spacial score (nSPS) is 11.7. The van der Waals surface area contributed by atoms with Gasteiger partial charge in [0.1, 0.15) is 11.5 Å². The molecule has 0 aliphatic heterocycles. The van der Waals surface area contributed by atoms with E-state index in [9.17, 15) is 9.59 Å². The third kappa shape index (κ3) is 5.60. The zero-order valence-corrected chi connectivity index (χ0v) is 17.7. The highest BCUT2D eigenvalue weighted by Crippen LogP contribution is 2.18. The smallest absolute Gasteiger partial charge is 0.257 e. The van der Waals surface area contributed by atoms with Crippen LogP contribution in [0.25, 0.3) is 0 Å². The van der Waals surface area contributed by atoms with Crippen LogP contribution < -0.4 is 5.32 Å². The van der Waals surface area contributed by atoms with E-state index in [4.69, 9.17) is 4.42 Å². The van der Waals surface area contributed by atoms with Crippen molar-refractivity contribution in [3.8, 4) is 0 Å². The van der Waals surface area contributed by atoms with Gasteiger partial charge in [-0.1, -0.05) is 60.7 Å². The summed E-state index contributed by atoms with van der Waals surface area (Å²) in [5.74, 6) is 1.08. The van der Waals surface area contributed by atoms with Crippen LogP contribution in [0.5, 0.6) is 0 Å². The van der Waals surface area contributed by atoms with Crippen LogP contribution in [0, 0.1) is 13.8 Å². The maximum atomic E-state index is 13.2. The number of benzene rings is 2. The predicted octanol–water partition coefficient (Wildman–Crippen LogP) is 4.81. The van der Waals surface area contributed by atoms with E-state index < -0.39 is 0 Å². The van der Waals surface area contributed by atoms with E-state index in [1.165, 1.54) is 0 Å². The Balaban J connectivity index is 1.68. The number of hydrogen-bond donors (Lipinski definition) is 1. The first-order valence-electron chi connectivity index (χ1n) is 10.2. The van der Waals surface area contributed by atoms with Crippen molar-refractivity contribution in [2.24, 2.45) is 0 Å². The molecule has 0 saturated heterocycles. The molecule has 3 rings (SSSR count). The number of carbonyl (C=O) groups excluding carboxylic acids is 2. The lowest BCUT2D eigenvalue weighted by Crippen LogP contribution is -2.35. The molecule has 1 aromatic heterocycles. The molecule has 156 valence electrons. The van der Waals surface area contributed by atoms with E-state index in [2.05, 4.69) is 5.32 Å². The maximum absolute atomic E-state index is 13.2. The molecule has 1 N–H and O–H groups in total. The molecule has 30 heavy (non-hydrogen) atoms. The summed E-state index contributed by atoms with van der Waals surface area (Å²) in [4.78, 5) is 27.4. The van der Waals surface area contributed by atoms with Gasteiger partial charge in [-0.2, -0.15) is 0 Å². The van der Waals surface area contributed by atoms with Crippen molar-refractivity contribution in [1.82, 2.24) is 10.2 Å². The Labute approximate surface area is 177 Å². The van der Waals surface area contributed by atoms with Gasteiger partial charge < -0.3 is 14.6 Å². The highest BCUT2D eigenvalue weighted by atomic mass is 16.3. The number of nitrogens with one attached hydrogen (secondary N) is 1. The highest BCUT2D eigenvalue weighted by molar-refractivity contribution is 5.95. The Morgan fingerprint density at radius 1 is 1.00 bits per heavy atom. The van der Waals surface area contributed by atoms with Crippen LogP contribution >= 0.6 is 0 Å². The summed E-state index contributed by atoms with van der Waals surface area (Å²) in [6, 6.07) is 21.3. The van der Waals surface area contributed by atoms with Gasteiger partial charge >= 0.3 is 0 Å². The Bertz CT molecular complexity index is 980. The molecule has 0 aliphatic carbocycles. The fraction of sp³-hybridized carbons (Fsp3) is 0.280. The second-order valence-electron chi connectivity index (χ2n) is 7.49. The minimum absolute atomic E-state index is 0.0858. The number of hydrogen-bond acceptors (Lipinski definition) is 3. The minimum Gasteiger partial charge on any atom is -0.466 e. The van der Waals surface area contributed by atoms with E-state index in [0.29, 0.717) is 30.2 Å². The van der Waals surface area contributed by atoms with Gasteiger partial charge in [-0.05, 0) is 38.0 Å². The molecule has 1 heterocycles. The molecule has 5 heteroatoms. The van der Waals surface area contributed by atoms with Gasteiger partial charge in [-0.25, -0.2) is 0 Å². The standard InChI is InChI=1S/C25H28N2O3/c1-18-16-23(20(3)30-18)25(29)27(17-21-10-6-4-7-11-21)15-14-24(28)26-19(2)22-12-8-5-9-13-22/h4-13,16,19H,14-15,17H2,1-3H3,(H,26,28). The summed E-state index contributed by atoms with van der Waals surface area (Å²) >= 11 is 0. The highest BCUT2D eigenvalue weighted by Gasteiger charge is 2.22. The zero-order chi connectivity index (χ0) is 21.5. The lowest BCUT2D eigenvalue weighted by Gasteiger charge is -2.23. The number of aryl methyl sites for hydroxylation is 2. The van der Waals surface area contributed by atoms with E-state index in [1.54, 1.807) is 17.9 Å². The van der Waals surface area contributed by atoms with E-state index in [-0.39, 0.29) is 24.3 Å². The molecule has 2 aromatic carbocycles. The number of amides is 2. The van der Waals surface area contributed by atoms with E-state index in [1.807, 2.05) is 74.5 Å². The minimum atomic E-state index is -0.128. The molecule has 3 aromatic rings. The molecule has 0 fully saturated rings. The quantitative estimate of drug-likeness (QED) is 0.586. The van der Waals surface area contributed by atoms with Crippen LogP contribution in [0.3, 0.4) is 0 Å². The fourth-order valence-corrected chi connectivity index (χ4v) is 3.44. The first kappa shape index (κ1) is 21.4. The van der Waals surface area contributed by atoms with Crippen LogP contribution in [0.15, 0.2) is 71.1 Å². The Hall–Kier alpha value is -3.34. The molecule has 5 nitrogen and oxygen atoms in total. The van der Waals surface area contributed by atoms with Gasteiger partial charge in [0.25, 0.3) is 5.91 Å². The molecule has 0 spiro atoms. The molecule has 1 atom stereocenters. The van der Waals surface area contributed by atoms with Crippen LogP contribution in [-0.2, 0) is 11.3 Å². The van der Waals surface area contributed by atoms with E-state index >= 15 is 0 Å². The van der Waals surface area contributed by atoms with Crippen LogP contribution in [0.4, 0.5) is 0 Å². The van der Waals surface area contributed by atoms with Crippen molar-refractivity contribution in [2.75, 3.05) is 6.54 Å². The number of rotatable bonds is 8. The van der Waals surface area contributed by atoms with Gasteiger partial charge in [0.15, 0.2) is 0 Å². The first-order chi connectivity index (χ1) is 14.4.